The van der Waals surface area contributed by atoms with Gasteiger partial charge in [0, 0.05) is 49.3 Å². The maximum atomic E-state index is 6.27. The summed E-state index contributed by atoms with van der Waals surface area (Å²) < 4.78 is 0. The number of benzene rings is 1. The summed E-state index contributed by atoms with van der Waals surface area (Å²) in [6.07, 6.45) is 4.31. The number of aromatic nitrogens is 1. The van der Waals surface area contributed by atoms with E-state index in [2.05, 4.69) is 20.9 Å². The zero-order valence-corrected chi connectivity index (χ0v) is 14.2. The molecule has 2 aromatic rings. The Labute approximate surface area is 145 Å². The van der Waals surface area contributed by atoms with Crippen molar-refractivity contribution < 1.29 is 0 Å². The summed E-state index contributed by atoms with van der Waals surface area (Å²) in [5.41, 5.74) is 2.03. The largest absolute Gasteiger partial charge is 0.370 e. The third-order valence-electron chi connectivity index (χ3n) is 3.81. The van der Waals surface area contributed by atoms with E-state index in [1.165, 1.54) is 0 Å². The summed E-state index contributed by atoms with van der Waals surface area (Å²) >= 11 is 18.6. The van der Waals surface area contributed by atoms with E-state index in [-0.39, 0.29) is 0 Å². The molecule has 3 rings (SSSR count). The van der Waals surface area contributed by atoms with Gasteiger partial charge in [-0.15, -0.1) is 0 Å². The Balaban J connectivity index is 1.78. The minimum atomic E-state index is 0.601. The van der Waals surface area contributed by atoms with E-state index < -0.39 is 0 Å². The van der Waals surface area contributed by atoms with Gasteiger partial charge >= 0.3 is 0 Å². The van der Waals surface area contributed by atoms with Crippen LogP contribution in [-0.2, 0) is 0 Å². The van der Waals surface area contributed by atoms with Crippen LogP contribution < -0.4 is 9.80 Å². The first kappa shape index (κ1) is 15.7. The van der Waals surface area contributed by atoms with Crippen LogP contribution in [0.2, 0.25) is 15.1 Å². The van der Waals surface area contributed by atoms with Gasteiger partial charge in [0.2, 0.25) is 0 Å². The third-order valence-corrected chi connectivity index (χ3v) is 4.60. The zero-order chi connectivity index (χ0) is 15.5. The van der Waals surface area contributed by atoms with E-state index >= 15 is 0 Å². The summed E-state index contributed by atoms with van der Waals surface area (Å²) in [5.74, 6) is 0. The molecule has 1 aliphatic rings. The fraction of sp³-hybridized carbons (Fsp3) is 0.312. The van der Waals surface area contributed by atoms with E-state index in [4.69, 9.17) is 34.8 Å². The number of hydrogen-bond donors (Lipinski definition) is 0. The Morgan fingerprint density at radius 3 is 2.27 bits per heavy atom. The highest BCUT2D eigenvalue weighted by molar-refractivity contribution is 6.38. The summed E-state index contributed by atoms with van der Waals surface area (Å²) in [5, 5.41) is 1.96. The molecule has 0 unspecified atom stereocenters. The van der Waals surface area contributed by atoms with Crippen molar-refractivity contribution >= 4 is 46.2 Å². The number of pyridine rings is 1. The van der Waals surface area contributed by atoms with Crippen molar-refractivity contribution in [3.05, 3.63) is 51.7 Å². The van der Waals surface area contributed by atoms with Crippen LogP contribution in [0.5, 0.6) is 0 Å². The van der Waals surface area contributed by atoms with Crippen LogP contribution in [-0.4, -0.2) is 31.2 Å². The molecule has 116 valence electrons. The van der Waals surface area contributed by atoms with Crippen LogP contribution in [0.1, 0.15) is 6.42 Å². The lowest BCUT2D eigenvalue weighted by Gasteiger charge is -2.26. The molecule has 3 nitrogen and oxygen atoms in total. The molecule has 0 amide bonds. The van der Waals surface area contributed by atoms with Crippen molar-refractivity contribution in [3.8, 4) is 0 Å². The molecule has 0 bridgehead atoms. The molecule has 0 saturated carbocycles. The fourth-order valence-corrected chi connectivity index (χ4v) is 3.57. The summed E-state index contributed by atoms with van der Waals surface area (Å²) in [7, 11) is 0. The molecule has 0 N–H and O–H groups in total. The van der Waals surface area contributed by atoms with E-state index in [1.807, 2.05) is 18.2 Å². The van der Waals surface area contributed by atoms with Gasteiger partial charge in [-0.25, -0.2) is 0 Å². The van der Waals surface area contributed by atoms with Gasteiger partial charge in [0.25, 0.3) is 0 Å². The minimum absolute atomic E-state index is 0.601. The first-order chi connectivity index (χ1) is 10.6. The molecule has 0 atom stereocenters. The Morgan fingerprint density at radius 1 is 0.864 bits per heavy atom. The normalized spacial score (nSPS) is 15.8. The highest BCUT2D eigenvalue weighted by Gasteiger charge is 2.19. The van der Waals surface area contributed by atoms with Crippen LogP contribution in [0.3, 0.4) is 0 Å². The van der Waals surface area contributed by atoms with Gasteiger partial charge in [-0.05, 0) is 24.6 Å². The highest BCUT2D eigenvalue weighted by Crippen LogP contribution is 2.33. The number of halogens is 3. The second-order valence-electron chi connectivity index (χ2n) is 5.26. The van der Waals surface area contributed by atoms with Crippen LogP contribution in [0.25, 0.3) is 0 Å². The predicted molar refractivity (Wildman–Crippen MR) is 94.8 cm³/mol. The van der Waals surface area contributed by atoms with Gasteiger partial charge < -0.3 is 9.80 Å². The first-order valence-corrected chi connectivity index (χ1v) is 8.33. The Hall–Kier alpha value is -1.16. The van der Waals surface area contributed by atoms with E-state index in [9.17, 15) is 0 Å². The molecular formula is C16H16Cl3N3. The van der Waals surface area contributed by atoms with Crippen molar-refractivity contribution in [1.29, 1.82) is 0 Å². The number of rotatable bonds is 2. The molecule has 6 heteroatoms. The monoisotopic (exact) mass is 355 g/mol. The number of anilines is 2. The second kappa shape index (κ2) is 6.95. The lowest BCUT2D eigenvalue weighted by molar-refractivity contribution is 0.806. The minimum Gasteiger partial charge on any atom is -0.370 e. The molecule has 2 heterocycles. The molecule has 1 aliphatic heterocycles. The Kier molecular flexibility index (Phi) is 4.97. The zero-order valence-electron chi connectivity index (χ0n) is 12.0. The predicted octanol–water partition coefficient (Wildman–Crippen LogP) is 4.76. The average Bonchev–Trinajstić information content (AvgIpc) is 2.73. The lowest BCUT2D eigenvalue weighted by Crippen LogP contribution is -2.31. The average molecular weight is 357 g/mol. The van der Waals surface area contributed by atoms with E-state index in [0.717, 1.165) is 49.0 Å². The van der Waals surface area contributed by atoms with Crippen molar-refractivity contribution in [3.63, 3.8) is 0 Å². The highest BCUT2D eigenvalue weighted by atomic mass is 35.5. The van der Waals surface area contributed by atoms with Crippen LogP contribution in [0, 0.1) is 0 Å². The van der Waals surface area contributed by atoms with Gasteiger partial charge in [0.1, 0.15) is 0 Å². The fourth-order valence-electron chi connectivity index (χ4n) is 2.78. The standard InChI is InChI=1S/C16H16Cl3N3/c17-12-3-1-4-13(9-12)21-5-2-6-22(8-7-21)16-14(18)10-20-11-15(16)19/h1,3-4,9-11H,2,5-8H2. The lowest BCUT2D eigenvalue weighted by atomic mass is 10.2. The van der Waals surface area contributed by atoms with Crippen molar-refractivity contribution in [2.75, 3.05) is 36.0 Å². The van der Waals surface area contributed by atoms with Crippen molar-refractivity contribution in [2.24, 2.45) is 0 Å². The van der Waals surface area contributed by atoms with Gasteiger partial charge in [-0.1, -0.05) is 40.9 Å². The summed E-state index contributed by atoms with van der Waals surface area (Å²) in [6, 6.07) is 7.97. The topological polar surface area (TPSA) is 19.4 Å². The maximum absolute atomic E-state index is 6.27. The first-order valence-electron chi connectivity index (χ1n) is 7.19. The molecular weight excluding hydrogens is 341 g/mol. The molecule has 1 aromatic heterocycles. The third kappa shape index (κ3) is 3.43. The van der Waals surface area contributed by atoms with Crippen molar-refractivity contribution in [1.82, 2.24) is 4.98 Å². The molecule has 0 aliphatic carbocycles. The van der Waals surface area contributed by atoms with Gasteiger partial charge in [0.05, 0.1) is 15.7 Å². The summed E-state index contributed by atoms with van der Waals surface area (Å²) in [6.45, 7) is 3.66. The number of nitrogens with zero attached hydrogens (tertiary/aromatic N) is 3. The maximum Gasteiger partial charge on any atom is 0.0838 e. The van der Waals surface area contributed by atoms with Crippen molar-refractivity contribution in [2.45, 2.75) is 6.42 Å². The molecule has 1 aromatic carbocycles. The smallest absolute Gasteiger partial charge is 0.0838 e. The molecule has 0 radical (unpaired) electrons. The van der Waals surface area contributed by atoms with Gasteiger partial charge in [-0.3, -0.25) is 4.98 Å². The van der Waals surface area contributed by atoms with Crippen LogP contribution >= 0.6 is 34.8 Å². The second-order valence-corrected chi connectivity index (χ2v) is 6.51. The Morgan fingerprint density at radius 2 is 1.55 bits per heavy atom. The van der Waals surface area contributed by atoms with E-state index in [1.54, 1.807) is 12.4 Å². The van der Waals surface area contributed by atoms with Crippen LogP contribution in [0.4, 0.5) is 11.4 Å². The van der Waals surface area contributed by atoms with E-state index in [0.29, 0.717) is 10.0 Å². The molecule has 1 saturated heterocycles. The quantitative estimate of drug-likeness (QED) is 0.773. The van der Waals surface area contributed by atoms with Gasteiger partial charge in [-0.2, -0.15) is 0 Å². The molecule has 0 spiro atoms. The van der Waals surface area contributed by atoms with Crippen LogP contribution in [0.15, 0.2) is 36.7 Å². The number of hydrogen-bond acceptors (Lipinski definition) is 3. The summed E-state index contributed by atoms with van der Waals surface area (Å²) in [4.78, 5) is 8.59. The van der Waals surface area contributed by atoms with Gasteiger partial charge in [0.15, 0.2) is 0 Å². The SMILES string of the molecule is Clc1cccc(N2CCCN(c3c(Cl)cncc3Cl)CC2)c1. The Bertz CT molecular complexity index is 643. The molecule has 1 fully saturated rings. The molecule has 22 heavy (non-hydrogen) atoms.